The minimum Gasteiger partial charge on any atom is -1.00 e. The Kier molecular flexibility index (Phi) is 10.4. The Morgan fingerprint density at radius 1 is 0.944 bits per heavy atom. The molecular weight excluding hydrogens is 295 g/mol. The number of rotatable bonds is 8. The van der Waals surface area contributed by atoms with Crippen LogP contribution in [-0.2, 0) is 25.0 Å². The molecule has 0 heterocycles. The van der Waals surface area contributed by atoms with Gasteiger partial charge >= 0.3 is 29.6 Å². The van der Waals surface area contributed by atoms with Crippen molar-refractivity contribution in [2.75, 3.05) is 13.2 Å². The first-order valence-electron chi connectivity index (χ1n) is 5.13. The maximum Gasteiger partial charge on any atom is 1.00 e. The molecule has 2 N–H and O–H groups in total. The van der Waals surface area contributed by atoms with Crippen molar-refractivity contribution >= 4 is 20.2 Å². The Bertz CT molecular complexity index is 382. The maximum atomic E-state index is 10.8. The third-order valence-electron chi connectivity index (χ3n) is 2.36. The van der Waals surface area contributed by atoms with E-state index in [1.165, 1.54) is 0 Å². The molecule has 0 aliphatic carbocycles. The molecule has 10 heteroatoms. The Hall–Kier alpha value is 0.780. The van der Waals surface area contributed by atoms with Crippen LogP contribution in [-0.4, -0.2) is 49.7 Å². The fourth-order valence-corrected chi connectivity index (χ4v) is 2.54. The predicted molar refractivity (Wildman–Crippen MR) is 63.2 cm³/mol. The number of hydrogen-bond donors (Lipinski definition) is 2. The summed E-state index contributed by atoms with van der Waals surface area (Å²) in [4.78, 5) is 0. The van der Waals surface area contributed by atoms with Crippen LogP contribution < -0.4 is 29.6 Å². The van der Waals surface area contributed by atoms with E-state index in [1.807, 2.05) is 0 Å². The fourth-order valence-electron chi connectivity index (χ4n) is 1.16. The molecule has 0 bridgehead atoms. The van der Waals surface area contributed by atoms with Gasteiger partial charge in [0, 0.05) is 0 Å². The van der Waals surface area contributed by atoms with Crippen LogP contribution in [0.1, 0.15) is 28.1 Å². The minimum absolute atomic E-state index is 0. The van der Waals surface area contributed by atoms with E-state index in [-0.39, 0.29) is 57.0 Å². The smallest absolute Gasteiger partial charge is 1.00 e. The van der Waals surface area contributed by atoms with Gasteiger partial charge in [0.1, 0.15) is 10.5 Å². The summed E-state index contributed by atoms with van der Waals surface area (Å²) in [5.41, 5.74) is 0. The maximum absolute atomic E-state index is 10.8. The van der Waals surface area contributed by atoms with Gasteiger partial charge < -0.3 is 6.16 Å². The molecule has 0 aromatic rings. The summed E-state index contributed by atoms with van der Waals surface area (Å²) >= 11 is 0. The summed E-state index contributed by atoms with van der Waals surface area (Å²) in [5.74, 6) is 0. The third-order valence-corrected chi connectivity index (χ3v) is 4.98. The molecule has 2 unspecified atom stereocenters. The van der Waals surface area contributed by atoms with E-state index in [2.05, 4.69) is 0 Å². The zero-order valence-corrected chi connectivity index (χ0v) is 14.4. The quantitative estimate of drug-likeness (QED) is 0.374. The number of hydrogen-bond acceptors (Lipinski definition) is 5. The van der Waals surface area contributed by atoms with Gasteiger partial charge in [0.25, 0.3) is 20.2 Å². The van der Waals surface area contributed by atoms with E-state index >= 15 is 0 Å². The second kappa shape index (κ2) is 8.85. The first-order chi connectivity index (χ1) is 7.62. The van der Waals surface area contributed by atoms with Crippen LogP contribution in [0.5, 0.6) is 0 Å². The van der Waals surface area contributed by atoms with Crippen molar-refractivity contribution < 1.29 is 61.7 Å². The van der Waals surface area contributed by atoms with Crippen LogP contribution in [0.2, 0.25) is 0 Å². The van der Waals surface area contributed by atoms with Crippen molar-refractivity contribution in [2.24, 2.45) is 0 Å². The zero-order chi connectivity index (χ0) is 13.7. The van der Waals surface area contributed by atoms with Crippen molar-refractivity contribution in [3.8, 4) is 0 Å². The SMILES string of the molecule is CCC(COCC(CC)S(=O)(=O)O)S(=O)(=O)O.[H-].[Na+]. The molecule has 0 aromatic carbocycles. The average molecular weight is 314 g/mol. The minimum atomic E-state index is -4.19. The molecule has 0 aliphatic rings. The van der Waals surface area contributed by atoms with E-state index in [0.29, 0.717) is 0 Å². The van der Waals surface area contributed by atoms with Gasteiger partial charge in [-0.3, -0.25) is 9.11 Å². The summed E-state index contributed by atoms with van der Waals surface area (Å²) < 4.78 is 65.7. The summed E-state index contributed by atoms with van der Waals surface area (Å²) in [5, 5.41) is -2.16. The molecule has 0 fully saturated rings. The number of ether oxygens (including phenoxy) is 1. The second-order valence-corrected chi connectivity index (χ2v) is 7.02. The van der Waals surface area contributed by atoms with Crippen molar-refractivity contribution in [1.29, 1.82) is 0 Å². The van der Waals surface area contributed by atoms with Gasteiger partial charge in [0.2, 0.25) is 0 Å². The topological polar surface area (TPSA) is 118 Å². The summed E-state index contributed by atoms with van der Waals surface area (Å²) in [6.07, 6.45) is 0.309. The van der Waals surface area contributed by atoms with Crippen LogP contribution >= 0.6 is 0 Å². The zero-order valence-electron chi connectivity index (χ0n) is 11.7. The summed E-state index contributed by atoms with van der Waals surface area (Å²) in [6, 6.07) is 0. The van der Waals surface area contributed by atoms with Gasteiger partial charge in [-0.25, -0.2) is 0 Å². The van der Waals surface area contributed by atoms with Gasteiger partial charge in [0.05, 0.1) is 13.2 Å². The largest absolute Gasteiger partial charge is 1.00 e. The van der Waals surface area contributed by atoms with Crippen LogP contribution in [0.4, 0.5) is 0 Å². The Balaban J connectivity index is -0.00000128. The molecule has 7 nitrogen and oxygen atoms in total. The van der Waals surface area contributed by atoms with E-state index in [1.54, 1.807) is 13.8 Å². The molecule has 0 aliphatic heterocycles. The molecule has 0 radical (unpaired) electrons. The Morgan fingerprint density at radius 2 is 1.22 bits per heavy atom. The second-order valence-electron chi connectivity index (χ2n) is 3.63. The van der Waals surface area contributed by atoms with Crippen LogP contribution in [0, 0.1) is 0 Å². The van der Waals surface area contributed by atoms with E-state index in [0.717, 1.165) is 0 Å². The normalized spacial score (nSPS) is 15.8. The van der Waals surface area contributed by atoms with Crippen LogP contribution in [0.25, 0.3) is 0 Å². The molecule has 0 rings (SSSR count). The summed E-state index contributed by atoms with van der Waals surface area (Å²) in [7, 11) is -8.38. The predicted octanol–water partition coefficient (Wildman–Crippen LogP) is -2.55. The van der Waals surface area contributed by atoms with Crippen LogP contribution in [0.15, 0.2) is 0 Å². The van der Waals surface area contributed by atoms with Crippen molar-refractivity contribution in [3.05, 3.63) is 0 Å². The molecule has 0 amide bonds. The Morgan fingerprint density at radius 3 is 1.39 bits per heavy atom. The van der Waals surface area contributed by atoms with Gasteiger partial charge in [-0.15, -0.1) is 0 Å². The van der Waals surface area contributed by atoms with E-state index in [9.17, 15) is 16.8 Å². The van der Waals surface area contributed by atoms with Crippen molar-refractivity contribution in [1.82, 2.24) is 0 Å². The Labute approximate surface area is 132 Å². The van der Waals surface area contributed by atoms with E-state index in [4.69, 9.17) is 13.8 Å². The van der Waals surface area contributed by atoms with Gasteiger partial charge in [0.15, 0.2) is 0 Å². The molecule has 0 aromatic heterocycles. The van der Waals surface area contributed by atoms with Gasteiger partial charge in [-0.2, -0.15) is 16.8 Å². The molecule has 0 saturated heterocycles. The van der Waals surface area contributed by atoms with Gasteiger partial charge in [-0.1, -0.05) is 13.8 Å². The molecule has 18 heavy (non-hydrogen) atoms. The average Bonchev–Trinajstić information content (AvgIpc) is 2.13. The molecular formula is C8H19NaO7S2. The fraction of sp³-hybridized carbons (Fsp3) is 1.00. The standard InChI is InChI=1S/C8H18O7S2.Na.H/c1-3-7(16(9,10)11)5-15-6-8(4-2)17(12,13)14;;/h7-8H,3-6H2,1-2H3,(H,9,10,11)(H,12,13,14);;/q;+1;-1. The summed E-state index contributed by atoms with van der Waals surface area (Å²) in [6.45, 7) is 2.51. The van der Waals surface area contributed by atoms with Gasteiger partial charge in [-0.05, 0) is 12.8 Å². The van der Waals surface area contributed by atoms with E-state index < -0.39 is 30.7 Å². The van der Waals surface area contributed by atoms with Crippen molar-refractivity contribution in [3.63, 3.8) is 0 Å². The molecule has 2 atom stereocenters. The first kappa shape index (κ1) is 21.1. The van der Waals surface area contributed by atoms with Crippen molar-refractivity contribution in [2.45, 2.75) is 37.2 Å². The third kappa shape index (κ3) is 8.05. The molecule has 0 spiro atoms. The molecule has 106 valence electrons. The van der Waals surface area contributed by atoms with Crippen LogP contribution in [0.3, 0.4) is 0 Å². The molecule has 0 saturated carbocycles. The first-order valence-corrected chi connectivity index (χ1v) is 8.13. The monoisotopic (exact) mass is 314 g/mol.